The number of halogens is 2. The highest BCUT2D eigenvalue weighted by atomic mass is 35.5. The maximum absolute atomic E-state index is 5.74. The minimum atomic E-state index is -0.724. The van der Waals surface area contributed by atoms with Gasteiger partial charge in [-0.25, -0.2) is 0 Å². The van der Waals surface area contributed by atoms with Gasteiger partial charge in [-0.2, -0.15) is 0 Å². The predicted molar refractivity (Wildman–Crippen MR) is 58.1 cm³/mol. The van der Waals surface area contributed by atoms with Crippen molar-refractivity contribution in [3.63, 3.8) is 0 Å². The zero-order valence-corrected chi connectivity index (χ0v) is 9.79. The Morgan fingerprint density at radius 1 is 1.17 bits per heavy atom. The van der Waals surface area contributed by atoms with Crippen molar-refractivity contribution in [3.8, 4) is 0 Å². The van der Waals surface area contributed by atoms with Crippen molar-refractivity contribution >= 4 is 33.4 Å². The summed E-state index contributed by atoms with van der Waals surface area (Å²) in [7, 11) is 3.23. The van der Waals surface area contributed by atoms with Crippen LogP contribution < -0.4 is 0 Å². The molecular formula is C9H15Cl2Si. The molecule has 0 unspecified atom stereocenters. The number of hydrogen-bond acceptors (Lipinski definition) is 0. The largest absolute Gasteiger partial charge is 0.107 e. The molecule has 0 heterocycles. The van der Waals surface area contributed by atoms with Crippen LogP contribution in [0.3, 0.4) is 0 Å². The zero-order chi connectivity index (χ0) is 9.45. The standard InChI is InChI=1S/C9H15Cl2Si/c1-2-3-4-5-6-7-8-9(10,11)12/h2H,1,3-8H2. The average Bonchev–Trinajstić information content (AvgIpc) is 1.94. The molecule has 0 amide bonds. The fourth-order valence-electron chi connectivity index (χ4n) is 0.989. The first kappa shape index (κ1) is 12.5. The predicted octanol–water partition coefficient (Wildman–Crippen LogP) is 3.81. The topological polar surface area (TPSA) is 0 Å². The van der Waals surface area contributed by atoms with Crippen LogP contribution in [0.25, 0.3) is 0 Å². The van der Waals surface area contributed by atoms with E-state index in [-0.39, 0.29) is 0 Å². The Kier molecular flexibility index (Phi) is 7.30. The van der Waals surface area contributed by atoms with E-state index in [1.54, 1.807) is 0 Å². The van der Waals surface area contributed by atoms with Crippen LogP contribution in [-0.4, -0.2) is 14.2 Å². The number of allylic oxidation sites excluding steroid dienone is 1. The van der Waals surface area contributed by atoms with Gasteiger partial charge in [0.1, 0.15) is 0 Å². The SMILES string of the molecule is C=CCCCCCCC([Si])(Cl)Cl. The number of alkyl halides is 2. The van der Waals surface area contributed by atoms with Crippen molar-refractivity contribution in [2.75, 3.05) is 0 Å². The lowest BCUT2D eigenvalue weighted by atomic mass is 10.1. The van der Waals surface area contributed by atoms with E-state index < -0.39 is 3.96 Å². The normalized spacial score (nSPS) is 11.6. The molecule has 0 spiro atoms. The molecule has 0 saturated carbocycles. The van der Waals surface area contributed by atoms with Crippen LogP contribution >= 0.6 is 23.2 Å². The van der Waals surface area contributed by atoms with Gasteiger partial charge in [-0.3, -0.25) is 0 Å². The maximum atomic E-state index is 5.74. The first-order chi connectivity index (χ1) is 5.56. The van der Waals surface area contributed by atoms with Gasteiger partial charge < -0.3 is 0 Å². The highest BCUT2D eigenvalue weighted by molar-refractivity contribution is 6.65. The summed E-state index contributed by atoms with van der Waals surface area (Å²) in [5.41, 5.74) is 0. The van der Waals surface area contributed by atoms with Crippen molar-refractivity contribution in [2.45, 2.75) is 42.5 Å². The van der Waals surface area contributed by atoms with E-state index in [1.807, 2.05) is 6.08 Å². The van der Waals surface area contributed by atoms with Gasteiger partial charge in [-0.1, -0.05) is 25.3 Å². The lowest BCUT2D eigenvalue weighted by Crippen LogP contribution is -2.11. The van der Waals surface area contributed by atoms with Gasteiger partial charge in [-0.05, 0) is 19.3 Å². The molecule has 0 aromatic carbocycles. The monoisotopic (exact) mass is 221 g/mol. The minimum Gasteiger partial charge on any atom is -0.107 e. The molecule has 0 atom stereocenters. The molecule has 0 bridgehead atoms. The summed E-state index contributed by atoms with van der Waals surface area (Å²) in [6.07, 6.45) is 8.61. The van der Waals surface area contributed by atoms with Gasteiger partial charge in [0.05, 0.1) is 14.2 Å². The average molecular weight is 222 g/mol. The summed E-state index contributed by atoms with van der Waals surface area (Å²) in [4.78, 5) is 0. The maximum Gasteiger partial charge on any atom is 0.0998 e. The molecule has 0 aliphatic heterocycles. The third-order valence-electron chi connectivity index (χ3n) is 1.65. The van der Waals surface area contributed by atoms with E-state index in [9.17, 15) is 0 Å². The van der Waals surface area contributed by atoms with Crippen molar-refractivity contribution in [1.82, 2.24) is 0 Å². The van der Waals surface area contributed by atoms with Gasteiger partial charge in [0, 0.05) is 0 Å². The van der Waals surface area contributed by atoms with E-state index in [2.05, 4.69) is 16.8 Å². The summed E-state index contributed by atoms with van der Waals surface area (Å²) in [6.45, 7) is 3.67. The van der Waals surface area contributed by atoms with Crippen molar-refractivity contribution in [2.24, 2.45) is 0 Å². The molecule has 0 aliphatic carbocycles. The van der Waals surface area contributed by atoms with Crippen LogP contribution in [-0.2, 0) is 0 Å². The third kappa shape index (κ3) is 10.5. The van der Waals surface area contributed by atoms with E-state index in [4.69, 9.17) is 23.2 Å². The van der Waals surface area contributed by atoms with Gasteiger partial charge in [-0.15, -0.1) is 29.8 Å². The highest BCUT2D eigenvalue weighted by Gasteiger charge is 2.14. The zero-order valence-electron chi connectivity index (χ0n) is 7.28. The summed E-state index contributed by atoms with van der Waals surface area (Å²) in [5, 5.41) is 0. The number of unbranched alkanes of at least 4 members (excludes halogenated alkanes) is 4. The second-order valence-electron chi connectivity index (χ2n) is 2.95. The smallest absolute Gasteiger partial charge is 0.0998 e. The third-order valence-corrected chi connectivity index (χ3v) is 2.28. The second kappa shape index (κ2) is 6.99. The van der Waals surface area contributed by atoms with Crippen LogP contribution in [0.1, 0.15) is 38.5 Å². The molecule has 0 nitrogen and oxygen atoms in total. The second-order valence-corrected chi connectivity index (χ2v) is 5.92. The van der Waals surface area contributed by atoms with E-state index in [0.29, 0.717) is 0 Å². The molecule has 0 N–H and O–H groups in total. The molecule has 3 heteroatoms. The molecule has 69 valence electrons. The number of hydrogen-bond donors (Lipinski definition) is 0. The van der Waals surface area contributed by atoms with Gasteiger partial charge in [0.2, 0.25) is 0 Å². The first-order valence-electron chi connectivity index (χ1n) is 4.30. The first-order valence-corrected chi connectivity index (χ1v) is 5.55. The Morgan fingerprint density at radius 2 is 1.75 bits per heavy atom. The molecule has 0 saturated heterocycles. The van der Waals surface area contributed by atoms with Crippen LogP contribution in [0.5, 0.6) is 0 Å². The number of rotatable bonds is 7. The Bertz CT molecular complexity index is 118. The van der Waals surface area contributed by atoms with E-state index in [1.165, 1.54) is 19.3 Å². The van der Waals surface area contributed by atoms with Crippen molar-refractivity contribution in [1.29, 1.82) is 0 Å². The Balaban J connectivity index is 3.06. The summed E-state index contributed by atoms with van der Waals surface area (Å²) >= 11 is 11.5. The minimum absolute atomic E-state index is 0.724. The molecule has 3 radical (unpaired) electrons. The molecular weight excluding hydrogens is 207 g/mol. The van der Waals surface area contributed by atoms with Gasteiger partial charge in [0.15, 0.2) is 0 Å². The Hall–Kier alpha value is 0.537. The van der Waals surface area contributed by atoms with Gasteiger partial charge in [0.25, 0.3) is 0 Å². The summed E-state index contributed by atoms with van der Waals surface area (Å²) in [6, 6.07) is 0. The van der Waals surface area contributed by atoms with E-state index >= 15 is 0 Å². The summed E-state index contributed by atoms with van der Waals surface area (Å²) in [5.74, 6) is 0. The van der Waals surface area contributed by atoms with Gasteiger partial charge >= 0.3 is 0 Å². The molecule has 0 rings (SSSR count). The fraction of sp³-hybridized carbons (Fsp3) is 0.778. The molecule has 12 heavy (non-hydrogen) atoms. The molecule has 0 aromatic heterocycles. The van der Waals surface area contributed by atoms with Crippen LogP contribution in [0.2, 0.25) is 0 Å². The molecule has 0 aliphatic rings. The fourth-order valence-corrected chi connectivity index (χ4v) is 1.43. The highest BCUT2D eigenvalue weighted by Crippen LogP contribution is 2.23. The quantitative estimate of drug-likeness (QED) is 0.266. The molecule has 0 aromatic rings. The molecule has 0 fully saturated rings. The van der Waals surface area contributed by atoms with Crippen LogP contribution in [0.4, 0.5) is 0 Å². The van der Waals surface area contributed by atoms with Crippen molar-refractivity contribution in [3.05, 3.63) is 12.7 Å². The van der Waals surface area contributed by atoms with E-state index in [0.717, 1.165) is 19.3 Å². The van der Waals surface area contributed by atoms with Crippen LogP contribution in [0, 0.1) is 0 Å². The Labute approximate surface area is 88.7 Å². The lowest BCUT2D eigenvalue weighted by Gasteiger charge is -2.11. The Morgan fingerprint density at radius 3 is 2.25 bits per heavy atom. The van der Waals surface area contributed by atoms with Crippen LogP contribution in [0.15, 0.2) is 12.7 Å². The lowest BCUT2D eigenvalue weighted by molar-refractivity contribution is 0.623. The summed E-state index contributed by atoms with van der Waals surface area (Å²) < 4.78 is -0.724. The van der Waals surface area contributed by atoms with Crippen molar-refractivity contribution < 1.29 is 0 Å².